The SMILES string of the molecule is C=CCNC(=O)c1ccccc1-c1nc2cc(OC)ccc2[nH]1. The van der Waals surface area contributed by atoms with Crippen molar-refractivity contribution in [2.75, 3.05) is 13.7 Å². The van der Waals surface area contributed by atoms with Crippen molar-refractivity contribution in [2.24, 2.45) is 0 Å². The maximum atomic E-state index is 12.3. The molecule has 5 heteroatoms. The molecule has 3 rings (SSSR count). The second-order valence-corrected chi connectivity index (χ2v) is 5.01. The number of carbonyl (C=O) groups excluding carboxylic acids is 1. The van der Waals surface area contributed by atoms with Crippen molar-refractivity contribution >= 4 is 16.9 Å². The van der Waals surface area contributed by atoms with Crippen molar-refractivity contribution in [3.8, 4) is 17.1 Å². The van der Waals surface area contributed by atoms with Gasteiger partial charge < -0.3 is 15.0 Å². The summed E-state index contributed by atoms with van der Waals surface area (Å²) in [6.07, 6.45) is 1.65. The van der Waals surface area contributed by atoms with Crippen LogP contribution in [-0.2, 0) is 0 Å². The molecule has 0 radical (unpaired) electrons. The number of methoxy groups -OCH3 is 1. The molecule has 5 nitrogen and oxygen atoms in total. The summed E-state index contributed by atoms with van der Waals surface area (Å²) in [5, 5.41) is 2.79. The van der Waals surface area contributed by atoms with E-state index in [0.717, 1.165) is 22.3 Å². The first-order chi connectivity index (χ1) is 11.2. The van der Waals surface area contributed by atoms with Crippen LogP contribution in [-0.4, -0.2) is 29.5 Å². The van der Waals surface area contributed by atoms with Gasteiger partial charge in [0.05, 0.1) is 23.7 Å². The highest BCUT2D eigenvalue weighted by Gasteiger charge is 2.14. The molecule has 0 fully saturated rings. The molecule has 0 aliphatic carbocycles. The zero-order valence-corrected chi connectivity index (χ0v) is 12.8. The van der Waals surface area contributed by atoms with Gasteiger partial charge in [-0.2, -0.15) is 0 Å². The lowest BCUT2D eigenvalue weighted by atomic mass is 10.1. The molecule has 2 N–H and O–H groups in total. The molecule has 0 atom stereocenters. The fourth-order valence-electron chi connectivity index (χ4n) is 2.39. The first-order valence-electron chi connectivity index (χ1n) is 7.25. The molecule has 2 aromatic carbocycles. The maximum absolute atomic E-state index is 12.3. The maximum Gasteiger partial charge on any atom is 0.252 e. The lowest BCUT2D eigenvalue weighted by Crippen LogP contribution is -2.23. The van der Waals surface area contributed by atoms with E-state index in [1.807, 2.05) is 36.4 Å². The number of H-pyrrole nitrogens is 1. The zero-order chi connectivity index (χ0) is 16.2. The van der Waals surface area contributed by atoms with Gasteiger partial charge in [-0.1, -0.05) is 24.3 Å². The van der Waals surface area contributed by atoms with Crippen LogP contribution in [0.15, 0.2) is 55.1 Å². The third-order valence-electron chi connectivity index (χ3n) is 3.52. The van der Waals surface area contributed by atoms with Gasteiger partial charge in [-0.25, -0.2) is 4.98 Å². The van der Waals surface area contributed by atoms with E-state index in [4.69, 9.17) is 4.74 Å². The average molecular weight is 307 g/mol. The van der Waals surface area contributed by atoms with E-state index in [1.54, 1.807) is 19.3 Å². The van der Waals surface area contributed by atoms with Crippen molar-refractivity contribution in [3.05, 3.63) is 60.7 Å². The van der Waals surface area contributed by atoms with E-state index in [-0.39, 0.29) is 5.91 Å². The lowest BCUT2D eigenvalue weighted by molar-refractivity contribution is 0.0958. The van der Waals surface area contributed by atoms with Gasteiger partial charge in [0.2, 0.25) is 0 Å². The van der Waals surface area contributed by atoms with E-state index < -0.39 is 0 Å². The minimum Gasteiger partial charge on any atom is -0.497 e. The molecule has 0 aliphatic rings. The van der Waals surface area contributed by atoms with E-state index in [9.17, 15) is 4.79 Å². The quantitative estimate of drug-likeness (QED) is 0.712. The summed E-state index contributed by atoms with van der Waals surface area (Å²) >= 11 is 0. The molecule has 1 heterocycles. The lowest BCUT2D eigenvalue weighted by Gasteiger charge is -2.07. The molecule has 0 spiro atoms. The number of aromatic amines is 1. The van der Waals surface area contributed by atoms with Crippen LogP contribution in [0.5, 0.6) is 5.75 Å². The monoisotopic (exact) mass is 307 g/mol. The number of ether oxygens (including phenoxy) is 1. The van der Waals surface area contributed by atoms with Gasteiger partial charge in [0.1, 0.15) is 11.6 Å². The number of nitrogens with one attached hydrogen (secondary N) is 2. The molecule has 3 aromatic rings. The molecule has 0 unspecified atom stereocenters. The Morgan fingerprint density at radius 2 is 2.17 bits per heavy atom. The summed E-state index contributed by atoms with van der Waals surface area (Å²) in [6, 6.07) is 13.0. The minimum atomic E-state index is -0.154. The Morgan fingerprint density at radius 3 is 2.96 bits per heavy atom. The molecule has 0 saturated carbocycles. The summed E-state index contributed by atoms with van der Waals surface area (Å²) in [7, 11) is 1.62. The summed E-state index contributed by atoms with van der Waals surface area (Å²) in [6.45, 7) is 4.03. The number of nitrogens with zero attached hydrogens (tertiary/aromatic N) is 1. The second kappa shape index (κ2) is 6.36. The summed E-state index contributed by atoms with van der Waals surface area (Å²) in [4.78, 5) is 20.1. The van der Waals surface area contributed by atoms with E-state index in [2.05, 4.69) is 21.9 Å². The number of hydrogen-bond donors (Lipinski definition) is 2. The Balaban J connectivity index is 2.04. The van der Waals surface area contributed by atoms with Gasteiger partial charge in [-0.05, 0) is 18.2 Å². The van der Waals surface area contributed by atoms with Gasteiger partial charge >= 0.3 is 0 Å². The van der Waals surface area contributed by atoms with Crippen molar-refractivity contribution < 1.29 is 9.53 Å². The second-order valence-electron chi connectivity index (χ2n) is 5.01. The Bertz CT molecular complexity index is 868. The highest BCUT2D eigenvalue weighted by Crippen LogP contribution is 2.26. The van der Waals surface area contributed by atoms with Gasteiger partial charge in [0, 0.05) is 18.2 Å². The molecule has 1 aromatic heterocycles. The third-order valence-corrected chi connectivity index (χ3v) is 3.52. The van der Waals surface area contributed by atoms with Crippen LogP contribution < -0.4 is 10.1 Å². The molecule has 0 bridgehead atoms. The van der Waals surface area contributed by atoms with Crippen molar-refractivity contribution in [3.63, 3.8) is 0 Å². The smallest absolute Gasteiger partial charge is 0.252 e. The molecule has 23 heavy (non-hydrogen) atoms. The number of carbonyl (C=O) groups is 1. The number of aromatic nitrogens is 2. The molecule has 0 aliphatic heterocycles. The average Bonchev–Trinajstić information content (AvgIpc) is 3.02. The molecule has 0 saturated heterocycles. The third kappa shape index (κ3) is 2.94. The summed E-state index contributed by atoms with van der Waals surface area (Å²) in [5.41, 5.74) is 3.01. The number of amides is 1. The first-order valence-corrected chi connectivity index (χ1v) is 7.25. The van der Waals surface area contributed by atoms with Crippen LogP contribution in [0.3, 0.4) is 0 Å². The fraction of sp³-hybridized carbons (Fsp3) is 0.111. The van der Waals surface area contributed by atoms with Gasteiger partial charge in [0.15, 0.2) is 0 Å². The topological polar surface area (TPSA) is 67.0 Å². The highest BCUT2D eigenvalue weighted by molar-refractivity contribution is 6.00. The zero-order valence-electron chi connectivity index (χ0n) is 12.8. The number of imidazole rings is 1. The van der Waals surface area contributed by atoms with Crippen LogP contribution >= 0.6 is 0 Å². The number of benzene rings is 2. The van der Waals surface area contributed by atoms with Gasteiger partial charge in [-0.3, -0.25) is 4.79 Å². The van der Waals surface area contributed by atoms with Crippen molar-refractivity contribution in [2.45, 2.75) is 0 Å². The van der Waals surface area contributed by atoms with Crippen LogP contribution in [0.2, 0.25) is 0 Å². The highest BCUT2D eigenvalue weighted by atomic mass is 16.5. The predicted octanol–water partition coefficient (Wildman–Crippen LogP) is 3.15. The summed E-state index contributed by atoms with van der Waals surface area (Å²) in [5.74, 6) is 1.24. The van der Waals surface area contributed by atoms with E-state index >= 15 is 0 Å². The van der Waals surface area contributed by atoms with E-state index in [1.165, 1.54) is 0 Å². The Morgan fingerprint density at radius 1 is 1.35 bits per heavy atom. The molecular formula is C18H17N3O2. The number of fused-ring (bicyclic) bond motifs is 1. The summed E-state index contributed by atoms with van der Waals surface area (Å²) < 4.78 is 5.22. The molecule has 1 amide bonds. The van der Waals surface area contributed by atoms with Crippen molar-refractivity contribution in [1.82, 2.24) is 15.3 Å². The Kier molecular flexibility index (Phi) is 4.10. The minimum absolute atomic E-state index is 0.154. The first kappa shape index (κ1) is 14.8. The Labute approximate surface area is 134 Å². The van der Waals surface area contributed by atoms with Crippen LogP contribution in [0, 0.1) is 0 Å². The van der Waals surface area contributed by atoms with E-state index in [0.29, 0.717) is 17.9 Å². The van der Waals surface area contributed by atoms with Crippen LogP contribution in [0.25, 0.3) is 22.4 Å². The number of hydrogen-bond acceptors (Lipinski definition) is 3. The van der Waals surface area contributed by atoms with Crippen LogP contribution in [0.1, 0.15) is 10.4 Å². The molecule has 116 valence electrons. The largest absolute Gasteiger partial charge is 0.497 e. The predicted molar refractivity (Wildman–Crippen MR) is 90.6 cm³/mol. The number of rotatable bonds is 5. The standard InChI is InChI=1S/C18H17N3O2/c1-3-10-19-18(22)14-7-5-4-6-13(14)17-20-15-9-8-12(23-2)11-16(15)21-17/h3-9,11H,1,10H2,2H3,(H,19,22)(H,20,21). The molecular weight excluding hydrogens is 290 g/mol. The van der Waals surface area contributed by atoms with Crippen LogP contribution in [0.4, 0.5) is 0 Å². The fourth-order valence-corrected chi connectivity index (χ4v) is 2.39. The Hall–Kier alpha value is -3.08. The van der Waals surface area contributed by atoms with Gasteiger partial charge in [0.25, 0.3) is 5.91 Å². The van der Waals surface area contributed by atoms with Crippen molar-refractivity contribution in [1.29, 1.82) is 0 Å². The normalized spacial score (nSPS) is 10.5. The van der Waals surface area contributed by atoms with Gasteiger partial charge in [-0.15, -0.1) is 6.58 Å².